The van der Waals surface area contributed by atoms with Crippen LogP contribution in [0.25, 0.3) is 22.5 Å². The molecule has 1 heterocycles. The van der Waals surface area contributed by atoms with E-state index in [0.717, 1.165) is 41.8 Å². The molecule has 0 aliphatic rings. The number of hydrogen-bond donors (Lipinski definition) is 1. The Balaban J connectivity index is 2.19. The lowest BCUT2D eigenvalue weighted by molar-refractivity contribution is 0.791. The van der Waals surface area contributed by atoms with E-state index in [-0.39, 0.29) is 0 Å². The molecule has 3 heteroatoms. The summed E-state index contributed by atoms with van der Waals surface area (Å²) in [5.41, 5.74) is 13.8. The van der Waals surface area contributed by atoms with Crippen molar-refractivity contribution in [3.8, 4) is 22.5 Å². The summed E-state index contributed by atoms with van der Waals surface area (Å²) in [6.45, 7) is 6.39. The van der Waals surface area contributed by atoms with Gasteiger partial charge in [-0.05, 0) is 26.7 Å². The van der Waals surface area contributed by atoms with Gasteiger partial charge in [0.05, 0.1) is 11.4 Å². The molecule has 128 valence electrons. The van der Waals surface area contributed by atoms with E-state index >= 15 is 0 Å². The zero-order chi connectivity index (χ0) is 17.8. The van der Waals surface area contributed by atoms with Crippen molar-refractivity contribution >= 4 is 5.95 Å². The van der Waals surface area contributed by atoms with Gasteiger partial charge in [-0.25, -0.2) is 9.97 Å². The highest BCUT2D eigenvalue weighted by atomic mass is 15.0. The Hall–Kier alpha value is -2.68. The fourth-order valence-corrected chi connectivity index (χ4v) is 2.99. The summed E-state index contributed by atoms with van der Waals surface area (Å²) in [6, 6.07) is 16.9. The molecule has 3 aromatic rings. The van der Waals surface area contributed by atoms with E-state index in [1.807, 2.05) is 0 Å². The third-order valence-corrected chi connectivity index (χ3v) is 4.45. The van der Waals surface area contributed by atoms with Crippen molar-refractivity contribution in [2.75, 3.05) is 5.73 Å². The minimum Gasteiger partial charge on any atom is -0.368 e. The summed E-state index contributed by atoms with van der Waals surface area (Å²) in [5, 5.41) is 0. The maximum atomic E-state index is 6.07. The molecule has 0 spiro atoms. The van der Waals surface area contributed by atoms with Crippen LogP contribution in [-0.2, 0) is 6.42 Å². The molecule has 0 saturated heterocycles. The zero-order valence-electron chi connectivity index (χ0n) is 15.2. The molecule has 0 radical (unpaired) electrons. The van der Waals surface area contributed by atoms with Crippen LogP contribution in [0.15, 0.2) is 48.5 Å². The van der Waals surface area contributed by atoms with Gasteiger partial charge in [0.25, 0.3) is 0 Å². The number of hydrogen-bond acceptors (Lipinski definition) is 3. The van der Waals surface area contributed by atoms with E-state index in [1.54, 1.807) is 0 Å². The van der Waals surface area contributed by atoms with Crippen molar-refractivity contribution in [3.05, 3.63) is 65.2 Å². The number of rotatable bonds is 5. The van der Waals surface area contributed by atoms with E-state index in [0.29, 0.717) is 5.95 Å². The minimum absolute atomic E-state index is 0.325. The lowest BCUT2D eigenvalue weighted by Crippen LogP contribution is -2.05. The van der Waals surface area contributed by atoms with Gasteiger partial charge in [-0.1, -0.05) is 73.0 Å². The summed E-state index contributed by atoms with van der Waals surface area (Å²) < 4.78 is 0. The summed E-state index contributed by atoms with van der Waals surface area (Å²) in [6.07, 6.45) is 3.18. The quantitative estimate of drug-likeness (QED) is 0.685. The highest BCUT2D eigenvalue weighted by molar-refractivity contribution is 5.75. The van der Waals surface area contributed by atoms with Gasteiger partial charge in [0.15, 0.2) is 0 Å². The number of benzene rings is 2. The summed E-state index contributed by atoms with van der Waals surface area (Å²) >= 11 is 0. The third-order valence-electron chi connectivity index (χ3n) is 4.45. The molecule has 0 bridgehead atoms. The Bertz CT molecular complexity index is 783. The molecule has 3 rings (SSSR count). The van der Waals surface area contributed by atoms with Gasteiger partial charge in [0, 0.05) is 16.7 Å². The Morgan fingerprint density at radius 1 is 0.760 bits per heavy atom. The first-order valence-electron chi connectivity index (χ1n) is 8.89. The molecule has 3 nitrogen and oxygen atoms in total. The maximum Gasteiger partial charge on any atom is 0.221 e. The molecule has 2 aromatic carbocycles. The number of nitrogens with two attached hydrogens (primary N) is 1. The SMILES string of the molecule is CCCCc1c(-c2ccc(C)cc2)nc(N)nc1-c1ccc(C)cc1. The molecule has 0 unspecified atom stereocenters. The fourth-order valence-electron chi connectivity index (χ4n) is 2.99. The van der Waals surface area contributed by atoms with Crippen molar-refractivity contribution in [1.29, 1.82) is 0 Å². The number of aromatic nitrogens is 2. The summed E-state index contributed by atoms with van der Waals surface area (Å²) in [4.78, 5) is 9.19. The average molecular weight is 331 g/mol. The van der Waals surface area contributed by atoms with Crippen LogP contribution in [0.4, 0.5) is 5.95 Å². The Labute approximate surface area is 150 Å². The molecule has 1 aromatic heterocycles. The largest absolute Gasteiger partial charge is 0.368 e. The monoisotopic (exact) mass is 331 g/mol. The van der Waals surface area contributed by atoms with E-state index in [4.69, 9.17) is 5.73 Å². The first-order chi connectivity index (χ1) is 12.1. The Morgan fingerprint density at radius 2 is 1.20 bits per heavy atom. The van der Waals surface area contributed by atoms with Crippen molar-refractivity contribution in [2.24, 2.45) is 0 Å². The molecule has 0 atom stereocenters. The van der Waals surface area contributed by atoms with Crippen LogP contribution in [0.1, 0.15) is 36.5 Å². The van der Waals surface area contributed by atoms with Crippen LogP contribution in [0, 0.1) is 13.8 Å². The van der Waals surface area contributed by atoms with Gasteiger partial charge in [0.2, 0.25) is 5.95 Å². The lowest BCUT2D eigenvalue weighted by atomic mass is 9.95. The number of aryl methyl sites for hydroxylation is 2. The number of nitrogens with zero attached hydrogens (tertiary/aromatic N) is 2. The van der Waals surface area contributed by atoms with Gasteiger partial charge in [0.1, 0.15) is 0 Å². The first kappa shape index (κ1) is 17.2. The van der Waals surface area contributed by atoms with Gasteiger partial charge in [-0.3, -0.25) is 0 Å². The second-order valence-corrected chi connectivity index (χ2v) is 6.59. The topological polar surface area (TPSA) is 51.8 Å². The van der Waals surface area contributed by atoms with E-state index in [1.165, 1.54) is 16.7 Å². The number of nitrogen functional groups attached to an aromatic ring is 1. The highest BCUT2D eigenvalue weighted by Crippen LogP contribution is 2.32. The zero-order valence-corrected chi connectivity index (χ0v) is 15.2. The van der Waals surface area contributed by atoms with Crippen molar-refractivity contribution in [3.63, 3.8) is 0 Å². The smallest absolute Gasteiger partial charge is 0.221 e. The van der Waals surface area contributed by atoms with E-state index < -0.39 is 0 Å². The van der Waals surface area contributed by atoms with Crippen LogP contribution >= 0.6 is 0 Å². The normalized spacial score (nSPS) is 10.8. The van der Waals surface area contributed by atoms with Crippen LogP contribution in [0.3, 0.4) is 0 Å². The second-order valence-electron chi connectivity index (χ2n) is 6.59. The Morgan fingerprint density at radius 3 is 1.60 bits per heavy atom. The standard InChI is InChI=1S/C22H25N3/c1-4-5-6-19-20(17-11-7-15(2)8-12-17)24-22(23)25-21(19)18-13-9-16(3)10-14-18/h7-14H,4-6H2,1-3H3,(H2,23,24,25). The molecule has 0 amide bonds. The lowest BCUT2D eigenvalue weighted by Gasteiger charge is -2.15. The van der Waals surface area contributed by atoms with Gasteiger partial charge in [-0.2, -0.15) is 0 Å². The predicted molar refractivity (Wildman–Crippen MR) is 105 cm³/mol. The van der Waals surface area contributed by atoms with Gasteiger partial charge >= 0.3 is 0 Å². The molecule has 0 saturated carbocycles. The minimum atomic E-state index is 0.325. The maximum absolute atomic E-state index is 6.07. The van der Waals surface area contributed by atoms with Gasteiger partial charge in [-0.15, -0.1) is 0 Å². The van der Waals surface area contributed by atoms with E-state index in [2.05, 4.69) is 79.3 Å². The molecule has 0 aliphatic heterocycles. The van der Waals surface area contributed by atoms with Gasteiger partial charge < -0.3 is 5.73 Å². The molecule has 2 N–H and O–H groups in total. The molecular weight excluding hydrogens is 306 g/mol. The summed E-state index contributed by atoms with van der Waals surface area (Å²) in [7, 11) is 0. The Kier molecular flexibility index (Phi) is 5.13. The first-order valence-corrected chi connectivity index (χ1v) is 8.89. The average Bonchev–Trinajstić information content (AvgIpc) is 2.61. The van der Waals surface area contributed by atoms with Crippen LogP contribution in [-0.4, -0.2) is 9.97 Å². The fraction of sp³-hybridized carbons (Fsp3) is 0.273. The second kappa shape index (κ2) is 7.47. The molecule has 25 heavy (non-hydrogen) atoms. The summed E-state index contributed by atoms with van der Waals surface area (Å²) in [5.74, 6) is 0.325. The molecule has 0 aliphatic carbocycles. The van der Waals surface area contributed by atoms with Crippen LogP contribution in [0.5, 0.6) is 0 Å². The molecular formula is C22H25N3. The predicted octanol–water partition coefficient (Wildman–Crippen LogP) is 5.35. The van der Waals surface area contributed by atoms with Crippen molar-refractivity contribution < 1.29 is 0 Å². The van der Waals surface area contributed by atoms with Crippen molar-refractivity contribution in [1.82, 2.24) is 9.97 Å². The number of unbranched alkanes of at least 4 members (excludes halogenated alkanes) is 1. The van der Waals surface area contributed by atoms with Crippen LogP contribution in [0.2, 0.25) is 0 Å². The van der Waals surface area contributed by atoms with Crippen LogP contribution < -0.4 is 5.73 Å². The van der Waals surface area contributed by atoms with Crippen molar-refractivity contribution in [2.45, 2.75) is 40.0 Å². The van der Waals surface area contributed by atoms with E-state index in [9.17, 15) is 0 Å². The third kappa shape index (κ3) is 3.87. The number of anilines is 1. The highest BCUT2D eigenvalue weighted by Gasteiger charge is 2.16. The molecule has 0 fully saturated rings.